The number of carbonyl (C=O) groups excluding carboxylic acids is 1. The highest BCUT2D eigenvalue weighted by Gasteiger charge is 2.41. The molecule has 3 heteroatoms. The maximum atomic E-state index is 11.6. The maximum Gasteiger partial charge on any atom is 0.220 e. The molecule has 2 fully saturated rings. The van der Waals surface area contributed by atoms with Gasteiger partial charge in [-0.05, 0) is 37.6 Å². The van der Waals surface area contributed by atoms with E-state index in [0.29, 0.717) is 12.3 Å². The predicted molar refractivity (Wildman–Crippen MR) is 65.2 cm³/mol. The predicted octanol–water partition coefficient (Wildman–Crippen LogP) is 1.68. The van der Waals surface area contributed by atoms with Crippen molar-refractivity contribution in [3.8, 4) is 0 Å². The van der Waals surface area contributed by atoms with Gasteiger partial charge in [-0.25, -0.2) is 0 Å². The van der Waals surface area contributed by atoms with E-state index in [-0.39, 0.29) is 11.4 Å². The Morgan fingerprint density at radius 3 is 3.12 bits per heavy atom. The van der Waals surface area contributed by atoms with E-state index in [9.17, 15) is 4.79 Å². The quantitative estimate of drug-likeness (QED) is 0.763. The fourth-order valence-corrected chi connectivity index (χ4v) is 3.12. The second kappa shape index (κ2) is 4.74. The van der Waals surface area contributed by atoms with Crippen LogP contribution in [0.25, 0.3) is 0 Å². The zero-order valence-corrected chi connectivity index (χ0v) is 10.5. The van der Waals surface area contributed by atoms with Crippen molar-refractivity contribution >= 4 is 5.91 Å². The van der Waals surface area contributed by atoms with E-state index in [1.807, 2.05) is 0 Å². The molecule has 0 aromatic heterocycles. The van der Waals surface area contributed by atoms with Crippen LogP contribution >= 0.6 is 0 Å². The van der Waals surface area contributed by atoms with Crippen LogP contribution < -0.4 is 10.6 Å². The molecule has 1 heterocycles. The van der Waals surface area contributed by atoms with Crippen LogP contribution in [-0.2, 0) is 4.79 Å². The summed E-state index contributed by atoms with van der Waals surface area (Å²) in [5.74, 6) is 1.52. The van der Waals surface area contributed by atoms with Gasteiger partial charge in [0.2, 0.25) is 5.91 Å². The number of fused-ring (bicyclic) bond motifs is 2. The van der Waals surface area contributed by atoms with Crippen LogP contribution in [0, 0.1) is 11.8 Å². The molecular weight excluding hydrogens is 200 g/mol. The van der Waals surface area contributed by atoms with Gasteiger partial charge in [0.15, 0.2) is 0 Å². The summed E-state index contributed by atoms with van der Waals surface area (Å²) in [6, 6.07) is 0. The third-order valence-corrected chi connectivity index (χ3v) is 3.93. The average Bonchev–Trinajstić information content (AvgIpc) is 2.51. The molecule has 0 aromatic carbocycles. The lowest BCUT2D eigenvalue weighted by Crippen LogP contribution is -2.50. The maximum absolute atomic E-state index is 11.6. The number of hydrogen-bond donors (Lipinski definition) is 2. The Labute approximate surface area is 98.4 Å². The zero-order chi connectivity index (χ0) is 11.6. The third kappa shape index (κ3) is 2.76. The first-order valence-corrected chi connectivity index (χ1v) is 6.61. The van der Waals surface area contributed by atoms with Crippen LogP contribution in [0.1, 0.15) is 46.0 Å². The Balaban J connectivity index is 1.79. The van der Waals surface area contributed by atoms with E-state index in [1.165, 1.54) is 25.7 Å². The summed E-state index contributed by atoms with van der Waals surface area (Å²) in [5.41, 5.74) is 0.232. The minimum absolute atomic E-state index is 0.209. The second-order valence-electron chi connectivity index (χ2n) is 6.00. The van der Waals surface area contributed by atoms with E-state index in [4.69, 9.17) is 0 Å². The van der Waals surface area contributed by atoms with E-state index >= 15 is 0 Å². The molecule has 0 aromatic rings. The Morgan fingerprint density at radius 1 is 1.56 bits per heavy atom. The lowest BCUT2D eigenvalue weighted by atomic mass is 9.80. The number of amides is 1. The Morgan fingerprint density at radius 2 is 2.38 bits per heavy atom. The first-order valence-electron chi connectivity index (χ1n) is 6.61. The van der Waals surface area contributed by atoms with Crippen molar-refractivity contribution in [3.63, 3.8) is 0 Å². The van der Waals surface area contributed by atoms with Crippen molar-refractivity contribution in [2.45, 2.75) is 51.5 Å². The van der Waals surface area contributed by atoms with Gasteiger partial charge in [-0.3, -0.25) is 4.79 Å². The molecule has 2 bridgehead atoms. The molecule has 3 nitrogen and oxygen atoms in total. The van der Waals surface area contributed by atoms with Crippen LogP contribution in [0.4, 0.5) is 0 Å². The third-order valence-electron chi connectivity index (χ3n) is 3.93. The lowest BCUT2D eigenvalue weighted by Gasteiger charge is -2.33. The summed E-state index contributed by atoms with van der Waals surface area (Å²) in [6.07, 6.45) is 5.83. The highest BCUT2D eigenvalue weighted by Crippen LogP contribution is 2.36. The number of hydrogen-bond acceptors (Lipinski definition) is 2. The molecule has 2 N–H and O–H groups in total. The average molecular weight is 224 g/mol. The zero-order valence-electron chi connectivity index (χ0n) is 10.5. The van der Waals surface area contributed by atoms with Gasteiger partial charge in [-0.15, -0.1) is 0 Å². The topological polar surface area (TPSA) is 41.1 Å². The lowest BCUT2D eigenvalue weighted by molar-refractivity contribution is -0.122. The van der Waals surface area contributed by atoms with Gasteiger partial charge in [-0.2, -0.15) is 0 Å². The van der Waals surface area contributed by atoms with E-state index in [2.05, 4.69) is 24.5 Å². The van der Waals surface area contributed by atoms with E-state index in [0.717, 1.165) is 19.0 Å². The normalized spacial score (nSPS) is 33.1. The van der Waals surface area contributed by atoms with E-state index in [1.54, 1.807) is 0 Å². The first-order chi connectivity index (χ1) is 7.60. The molecule has 1 aliphatic heterocycles. The number of rotatable bonds is 4. The highest BCUT2D eigenvalue weighted by molar-refractivity contribution is 5.76. The molecule has 2 aliphatic rings. The SMILES string of the molecule is CC(C)CC(=O)NCC12CCCC(CN1)C2. The molecule has 1 amide bonds. The molecule has 0 spiro atoms. The molecule has 1 saturated heterocycles. The summed E-state index contributed by atoms with van der Waals surface area (Å²) >= 11 is 0. The standard InChI is InChI=1S/C13H24N2O/c1-10(2)6-12(16)14-9-13-5-3-4-11(7-13)8-15-13/h10-11,15H,3-9H2,1-2H3,(H,14,16). The number of nitrogens with one attached hydrogen (secondary N) is 2. The molecule has 16 heavy (non-hydrogen) atoms. The molecule has 2 unspecified atom stereocenters. The van der Waals surface area contributed by atoms with Crippen molar-refractivity contribution in [3.05, 3.63) is 0 Å². The van der Waals surface area contributed by atoms with Crippen molar-refractivity contribution in [1.82, 2.24) is 10.6 Å². The van der Waals surface area contributed by atoms with Gasteiger partial charge in [0.25, 0.3) is 0 Å². The summed E-state index contributed by atoms with van der Waals surface area (Å²) in [7, 11) is 0. The molecule has 2 atom stereocenters. The van der Waals surface area contributed by atoms with Crippen molar-refractivity contribution in [2.24, 2.45) is 11.8 Å². The largest absolute Gasteiger partial charge is 0.354 e. The molecule has 1 aliphatic carbocycles. The van der Waals surface area contributed by atoms with Crippen molar-refractivity contribution in [1.29, 1.82) is 0 Å². The molecule has 92 valence electrons. The van der Waals surface area contributed by atoms with Gasteiger partial charge < -0.3 is 10.6 Å². The monoisotopic (exact) mass is 224 g/mol. The van der Waals surface area contributed by atoms with Crippen LogP contribution in [0.15, 0.2) is 0 Å². The molecule has 0 radical (unpaired) electrons. The van der Waals surface area contributed by atoms with Gasteiger partial charge >= 0.3 is 0 Å². The van der Waals surface area contributed by atoms with Gasteiger partial charge in [-0.1, -0.05) is 20.3 Å². The van der Waals surface area contributed by atoms with Crippen molar-refractivity contribution in [2.75, 3.05) is 13.1 Å². The minimum atomic E-state index is 0.209. The minimum Gasteiger partial charge on any atom is -0.354 e. The Kier molecular flexibility index (Phi) is 3.53. The molecule has 2 rings (SSSR count). The summed E-state index contributed by atoms with van der Waals surface area (Å²) < 4.78 is 0. The van der Waals surface area contributed by atoms with Crippen LogP contribution in [0.3, 0.4) is 0 Å². The number of carbonyl (C=O) groups is 1. The summed E-state index contributed by atoms with van der Waals surface area (Å²) in [4.78, 5) is 11.6. The van der Waals surface area contributed by atoms with Crippen LogP contribution in [-0.4, -0.2) is 24.5 Å². The fraction of sp³-hybridized carbons (Fsp3) is 0.923. The first kappa shape index (κ1) is 11.9. The summed E-state index contributed by atoms with van der Waals surface area (Å²) in [6.45, 7) is 6.15. The second-order valence-corrected chi connectivity index (χ2v) is 6.00. The van der Waals surface area contributed by atoms with Crippen molar-refractivity contribution < 1.29 is 4.79 Å². The Bertz CT molecular complexity index is 261. The van der Waals surface area contributed by atoms with Gasteiger partial charge in [0.1, 0.15) is 0 Å². The van der Waals surface area contributed by atoms with Crippen LogP contribution in [0.5, 0.6) is 0 Å². The molecule has 1 saturated carbocycles. The van der Waals surface area contributed by atoms with Crippen LogP contribution in [0.2, 0.25) is 0 Å². The smallest absolute Gasteiger partial charge is 0.220 e. The highest BCUT2D eigenvalue weighted by atomic mass is 16.1. The Hall–Kier alpha value is -0.570. The summed E-state index contributed by atoms with van der Waals surface area (Å²) in [5, 5.41) is 6.73. The van der Waals surface area contributed by atoms with Gasteiger partial charge in [0, 0.05) is 18.5 Å². The van der Waals surface area contributed by atoms with Gasteiger partial charge in [0.05, 0.1) is 0 Å². The van der Waals surface area contributed by atoms with E-state index < -0.39 is 0 Å². The molecular formula is C13H24N2O. The fourth-order valence-electron chi connectivity index (χ4n) is 3.12.